The maximum absolute atomic E-state index is 12.0. The lowest BCUT2D eigenvalue weighted by molar-refractivity contribution is -0.144. The molecule has 0 unspecified atom stereocenters. The number of nitriles is 1. The highest BCUT2D eigenvalue weighted by atomic mass is 16.5. The third-order valence-electron chi connectivity index (χ3n) is 3.64. The molecule has 0 bridgehead atoms. The molecule has 0 saturated carbocycles. The van der Waals surface area contributed by atoms with E-state index >= 15 is 0 Å². The van der Waals surface area contributed by atoms with Crippen LogP contribution in [0.15, 0.2) is 60.2 Å². The number of rotatable bonds is 7. The fourth-order valence-electron chi connectivity index (χ4n) is 2.22. The number of nitrogens with one attached hydrogen (secondary N) is 1. The minimum absolute atomic E-state index is 0.147. The Kier molecular flexibility index (Phi) is 7.14. The van der Waals surface area contributed by atoms with E-state index in [2.05, 4.69) is 5.32 Å². The van der Waals surface area contributed by atoms with Crippen molar-refractivity contribution in [2.75, 3.05) is 13.2 Å². The van der Waals surface area contributed by atoms with Gasteiger partial charge in [0.1, 0.15) is 11.6 Å². The van der Waals surface area contributed by atoms with E-state index in [0.29, 0.717) is 13.0 Å². The highest BCUT2D eigenvalue weighted by Crippen LogP contribution is 2.09. The molecule has 0 aliphatic carbocycles. The third kappa shape index (κ3) is 6.25. The van der Waals surface area contributed by atoms with Gasteiger partial charge in [-0.2, -0.15) is 5.26 Å². The van der Waals surface area contributed by atoms with Gasteiger partial charge in [-0.3, -0.25) is 4.79 Å². The summed E-state index contributed by atoms with van der Waals surface area (Å²) in [6.07, 6.45) is 2.13. The van der Waals surface area contributed by atoms with Gasteiger partial charge in [-0.25, -0.2) is 4.79 Å². The molecule has 5 heteroatoms. The molecule has 0 aliphatic rings. The van der Waals surface area contributed by atoms with Gasteiger partial charge in [0.05, 0.1) is 0 Å². The van der Waals surface area contributed by atoms with Crippen LogP contribution in [-0.4, -0.2) is 25.0 Å². The lowest BCUT2D eigenvalue weighted by Gasteiger charge is -2.06. The summed E-state index contributed by atoms with van der Waals surface area (Å²) in [5.41, 5.74) is 2.76. The molecule has 5 nitrogen and oxygen atoms in total. The van der Waals surface area contributed by atoms with Crippen LogP contribution in [0.25, 0.3) is 6.08 Å². The fraction of sp³-hybridized carbons (Fsp3) is 0.190. The zero-order valence-corrected chi connectivity index (χ0v) is 14.6. The van der Waals surface area contributed by atoms with Crippen molar-refractivity contribution < 1.29 is 14.3 Å². The van der Waals surface area contributed by atoms with E-state index in [1.54, 1.807) is 12.1 Å². The highest BCUT2D eigenvalue weighted by molar-refractivity contribution is 5.98. The molecule has 132 valence electrons. The molecule has 0 spiro atoms. The molecule has 0 aliphatic heterocycles. The number of hydrogen-bond donors (Lipinski definition) is 1. The summed E-state index contributed by atoms with van der Waals surface area (Å²) in [4.78, 5) is 23.7. The average Bonchev–Trinajstić information content (AvgIpc) is 2.66. The first-order valence-corrected chi connectivity index (χ1v) is 8.24. The molecule has 2 rings (SSSR count). The van der Waals surface area contributed by atoms with Crippen LogP contribution in [0.2, 0.25) is 0 Å². The lowest BCUT2D eigenvalue weighted by atomic mass is 10.1. The molecular weight excluding hydrogens is 328 g/mol. The first-order valence-electron chi connectivity index (χ1n) is 8.24. The van der Waals surface area contributed by atoms with E-state index in [0.717, 1.165) is 16.7 Å². The first kappa shape index (κ1) is 18.9. The summed E-state index contributed by atoms with van der Waals surface area (Å²) in [5, 5.41) is 11.8. The number of benzene rings is 2. The van der Waals surface area contributed by atoms with Gasteiger partial charge in [0.25, 0.3) is 5.91 Å². The topological polar surface area (TPSA) is 79.2 Å². The Labute approximate surface area is 152 Å². The normalized spacial score (nSPS) is 10.7. The van der Waals surface area contributed by atoms with Gasteiger partial charge < -0.3 is 10.1 Å². The summed E-state index contributed by atoms with van der Waals surface area (Å²) < 4.78 is 4.91. The first-order chi connectivity index (χ1) is 12.6. The Bertz CT molecular complexity index is 819. The molecule has 26 heavy (non-hydrogen) atoms. The number of nitrogens with zero attached hydrogens (tertiary/aromatic N) is 1. The zero-order chi connectivity index (χ0) is 18.8. The minimum atomic E-state index is -0.814. The SMILES string of the molecule is Cc1ccc(/C=C(\C#N)C(=O)OCC(=O)NCCc2ccccc2)cc1. The molecule has 2 aromatic carbocycles. The van der Waals surface area contributed by atoms with Crippen molar-refractivity contribution >= 4 is 18.0 Å². The summed E-state index contributed by atoms with van der Waals surface area (Å²) in [5.74, 6) is -1.21. The quantitative estimate of drug-likeness (QED) is 0.474. The lowest BCUT2D eigenvalue weighted by Crippen LogP contribution is -2.30. The predicted octanol–water partition coefficient (Wildman–Crippen LogP) is 2.80. The Morgan fingerprint density at radius 2 is 1.81 bits per heavy atom. The second-order valence-electron chi connectivity index (χ2n) is 5.74. The van der Waals surface area contributed by atoms with Crippen LogP contribution in [0.3, 0.4) is 0 Å². The van der Waals surface area contributed by atoms with Gasteiger partial charge in [-0.1, -0.05) is 60.2 Å². The van der Waals surface area contributed by atoms with Crippen molar-refractivity contribution in [3.63, 3.8) is 0 Å². The smallest absolute Gasteiger partial charge is 0.349 e. The van der Waals surface area contributed by atoms with Crippen LogP contribution in [0.4, 0.5) is 0 Å². The number of amides is 1. The number of esters is 1. The zero-order valence-electron chi connectivity index (χ0n) is 14.6. The average molecular weight is 348 g/mol. The molecular formula is C21H20N2O3. The molecule has 2 aromatic rings. The van der Waals surface area contributed by atoms with Gasteiger partial charge in [-0.05, 0) is 30.5 Å². The second kappa shape index (κ2) is 9.80. The maximum Gasteiger partial charge on any atom is 0.349 e. The Morgan fingerprint density at radius 3 is 2.46 bits per heavy atom. The van der Waals surface area contributed by atoms with E-state index in [9.17, 15) is 9.59 Å². The molecule has 0 atom stereocenters. The van der Waals surface area contributed by atoms with Crippen molar-refractivity contribution in [3.05, 3.63) is 76.9 Å². The molecule has 0 saturated heterocycles. The van der Waals surface area contributed by atoms with Crippen LogP contribution < -0.4 is 5.32 Å². The summed E-state index contributed by atoms with van der Waals surface area (Å²) >= 11 is 0. The molecule has 0 fully saturated rings. The van der Waals surface area contributed by atoms with Gasteiger partial charge in [0.15, 0.2) is 6.61 Å². The monoisotopic (exact) mass is 348 g/mol. The number of aryl methyl sites for hydroxylation is 1. The Balaban J connectivity index is 1.79. The molecule has 1 N–H and O–H groups in total. The fourth-order valence-corrected chi connectivity index (χ4v) is 2.22. The van der Waals surface area contributed by atoms with Crippen LogP contribution in [0, 0.1) is 18.3 Å². The van der Waals surface area contributed by atoms with Gasteiger partial charge in [0, 0.05) is 6.54 Å². The van der Waals surface area contributed by atoms with Crippen molar-refractivity contribution in [2.45, 2.75) is 13.3 Å². The van der Waals surface area contributed by atoms with E-state index in [1.165, 1.54) is 6.08 Å². The van der Waals surface area contributed by atoms with Crippen LogP contribution in [0.1, 0.15) is 16.7 Å². The standard InChI is InChI=1S/C21H20N2O3/c1-16-7-9-18(10-8-16)13-19(14-22)21(25)26-15-20(24)23-12-11-17-5-3-2-4-6-17/h2-10,13H,11-12,15H2,1H3,(H,23,24)/b19-13+. The minimum Gasteiger partial charge on any atom is -0.451 e. The van der Waals surface area contributed by atoms with Crippen molar-refractivity contribution in [3.8, 4) is 6.07 Å². The van der Waals surface area contributed by atoms with Gasteiger partial charge >= 0.3 is 5.97 Å². The van der Waals surface area contributed by atoms with E-state index in [-0.39, 0.29) is 5.57 Å². The van der Waals surface area contributed by atoms with Crippen LogP contribution >= 0.6 is 0 Å². The summed E-state index contributed by atoms with van der Waals surface area (Å²) in [7, 11) is 0. The van der Waals surface area contributed by atoms with Crippen molar-refractivity contribution in [1.82, 2.24) is 5.32 Å². The predicted molar refractivity (Wildman–Crippen MR) is 98.9 cm³/mol. The second-order valence-corrected chi connectivity index (χ2v) is 5.74. The van der Waals surface area contributed by atoms with Crippen molar-refractivity contribution in [1.29, 1.82) is 5.26 Å². The Morgan fingerprint density at radius 1 is 1.12 bits per heavy atom. The number of ether oxygens (including phenoxy) is 1. The molecule has 1 amide bonds. The van der Waals surface area contributed by atoms with Crippen molar-refractivity contribution in [2.24, 2.45) is 0 Å². The Hall–Kier alpha value is -3.39. The third-order valence-corrected chi connectivity index (χ3v) is 3.64. The largest absolute Gasteiger partial charge is 0.451 e. The highest BCUT2D eigenvalue weighted by Gasteiger charge is 2.13. The molecule has 0 heterocycles. The van der Waals surface area contributed by atoms with Gasteiger partial charge in [0.2, 0.25) is 0 Å². The number of carbonyl (C=O) groups is 2. The molecule has 0 radical (unpaired) electrons. The molecule has 0 aromatic heterocycles. The van der Waals surface area contributed by atoms with Crippen LogP contribution in [-0.2, 0) is 20.7 Å². The number of carbonyl (C=O) groups excluding carboxylic acids is 2. The maximum atomic E-state index is 12.0. The van der Waals surface area contributed by atoms with Gasteiger partial charge in [-0.15, -0.1) is 0 Å². The van der Waals surface area contributed by atoms with E-state index < -0.39 is 18.5 Å². The summed E-state index contributed by atoms with van der Waals surface area (Å²) in [6, 6.07) is 18.9. The number of hydrogen-bond acceptors (Lipinski definition) is 4. The van der Waals surface area contributed by atoms with E-state index in [1.807, 2.05) is 55.5 Å². The van der Waals surface area contributed by atoms with E-state index in [4.69, 9.17) is 10.00 Å². The van der Waals surface area contributed by atoms with Crippen LogP contribution in [0.5, 0.6) is 0 Å². The summed E-state index contributed by atoms with van der Waals surface area (Å²) in [6.45, 7) is 1.98.